The SMILES string of the molecule is Cc1cc(-n2ccc(-c3nccs3)n2)c2c(n1)N(c1ccc(-n3cccn3)cc1C)CC2. The van der Waals surface area contributed by atoms with Gasteiger partial charge in [-0.3, -0.25) is 0 Å². The summed E-state index contributed by atoms with van der Waals surface area (Å²) >= 11 is 1.60. The number of aromatic nitrogens is 6. The van der Waals surface area contributed by atoms with Crippen molar-refractivity contribution in [2.75, 3.05) is 11.4 Å². The van der Waals surface area contributed by atoms with Crippen LogP contribution in [0.25, 0.3) is 22.1 Å². The summed E-state index contributed by atoms with van der Waals surface area (Å²) in [5, 5.41) is 12.1. The Kier molecular flexibility index (Phi) is 4.39. The van der Waals surface area contributed by atoms with Gasteiger partial charge in [0.05, 0.1) is 11.4 Å². The van der Waals surface area contributed by atoms with Gasteiger partial charge < -0.3 is 4.90 Å². The molecule has 0 N–H and O–H groups in total. The molecule has 32 heavy (non-hydrogen) atoms. The normalized spacial score (nSPS) is 13.0. The second-order valence-corrected chi connectivity index (χ2v) is 8.79. The molecule has 5 heterocycles. The van der Waals surface area contributed by atoms with Gasteiger partial charge in [0.15, 0.2) is 0 Å². The molecular weight excluding hydrogens is 418 g/mol. The van der Waals surface area contributed by atoms with Crippen molar-refractivity contribution in [1.29, 1.82) is 0 Å². The third-order valence-corrected chi connectivity index (χ3v) is 6.57. The molecular formula is C24H21N7S. The van der Waals surface area contributed by atoms with Crippen LogP contribution in [-0.4, -0.2) is 36.1 Å². The number of hydrogen-bond acceptors (Lipinski definition) is 6. The van der Waals surface area contributed by atoms with Crippen LogP contribution in [0.2, 0.25) is 0 Å². The number of aryl methyl sites for hydroxylation is 2. The maximum atomic E-state index is 4.92. The van der Waals surface area contributed by atoms with Crippen molar-refractivity contribution in [2.24, 2.45) is 0 Å². The Morgan fingerprint density at radius 3 is 2.69 bits per heavy atom. The van der Waals surface area contributed by atoms with Gasteiger partial charge in [0.1, 0.15) is 16.5 Å². The molecule has 6 rings (SSSR count). The molecule has 0 fully saturated rings. The van der Waals surface area contributed by atoms with E-state index in [9.17, 15) is 0 Å². The van der Waals surface area contributed by atoms with Crippen LogP contribution in [0.3, 0.4) is 0 Å². The molecule has 1 aromatic carbocycles. The first kappa shape index (κ1) is 18.9. The fourth-order valence-corrected chi connectivity index (χ4v) is 4.93. The van der Waals surface area contributed by atoms with Crippen molar-refractivity contribution in [3.05, 3.63) is 83.4 Å². The van der Waals surface area contributed by atoms with E-state index in [1.807, 2.05) is 52.4 Å². The molecule has 1 aliphatic rings. The number of thiazole rings is 1. The predicted molar refractivity (Wildman–Crippen MR) is 126 cm³/mol. The van der Waals surface area contributed by atoms with E-state index in [0.29, 0.717) is 0 Å². The Morgan fingerprint density at radius 2 is 1.91 bits per heavy atom. The molecule has 5 aromatic rings. The smallest absolute Gasteiger partial charge is 0.143 e. The summed E-state index contributed by atoms with van der Waals surface area (Å²) in [7, 11) is 0. The Hall–Kier alpha value is -3.78. The van der Waals surface area contributed by atoms with Crippen molar-refractivity contribution < 1.29 is 0 Å². The average Bonchev–Trinajstić information content (AvgIpc) is 3.60. The highest BCUT2D eigenvalue weighted by atomic mass is 32.1. The summed E-state index contributed by atoms with van der Waals surface area (Å²) in [6.07, 6.45) is 8.50. The number of hydrogen-bond donors (Lipinski definition) is 0. The predicted octanol–water partition coefficient (Wildman–Crippen LogP) is 4.89. The molecule has 0 bridgehead atoms. The van der Waals surface area contributed by atoms with Crippen LogP contribution in [0.1, 0.15) is 16.8 Å². The number of nitrogens with zero attached hydrogens (tertiary/aromatic N) is 7. The first-order chi connectivity index (χ1) is 15.7. The van der Waals surface area contributed by atoms with Gasteiger partial charge in [-0.05, 0) is 62.2 Å². The van der Waals surface area contributed by atoms with Gasteiger partial charge in [0, 0.05) is 53.7 Å². The minimum atomic E-state index is 0.890. The third kappa shape index (κ3) is 3.11. The molecule has 7 nitrogen and oxygen atoms in total. The van der Waals surface area contributed by atoms with Crippen LogP contribution < -0.4 is 4.90 Å². The van der Waals surface area contributed by atoms with E-state index >= 15 is 0 Å². The number of anilines is 2. The quantitative estimate of drug-likeness (QED) is 0.399. The number of pyridine rings is 1. The minimum absolute atomic E-state index is 0.890. The second-order valence-electron chi connectivity index (χ2n) is 7.89. The van der Waals surface area contributed by atoms with E-state index < -0.39 is 0 Å². The Bertz CT molecular complexity index is 1400. The maximum absolute atomic E-state index is 4.92. The zero-order chi connectivity index (χ0) is 21.7. The standard InChI is InChI=1S/C24H21N7S/c1-16-14-18(30-10-3-8-26-30)4-5-21(16)29-11-6-19-22(15-17(2)27-23(19)29)31-12-7-20(28-31)24-25-9-13-32-24/h3-5,7-10,12-15H,6,11H2,1-2H3. The van der Waals surface area contributed by atoms with Crippen molar-refractivity contribution in [3.63, 3.8) is 0 Å². The summed E-state index contributed by atoms with van der Waals surface area (Å²) < 4.78 is 3.84. The minimum Gasteiger partial charge on any atom is -0.325 e. The molecule has 0 saturated heterocycles. The molecule has 0 saturated carbocycles. The third-order valence-electron chi connectivity index (χ3n) is 5.78. The molecule has 0 radical (unpaired) electrons. The lowest BCUT2D eigenvalue weighted by Gasteiger charge is -2.22. The number of fused-ring (bicyclic) bond motifs is 1. The molecule has 1 aliphatic heterocycles. The fraction of sp³-hybridized carbons (Fsp3) is 0.167. The van der Waals surface area contributed by atoms with E-state index in [-0.39, 0.29) is 0 Å². The van der Waals surface area contributed by atoms with E-state index in [1.54, 1.807) is 17.5 Å². The average molecular weight is 440 g/mol. The molecule has 0 aliphatic carbocycles. The largest absolute Gasteiger partial charge is 0.325 e. The van der Waals surface area contributed by atoms with Crippen molar-refractivity contribution in [1.82, 2.24) is 29.5 Å². The van der Waals surface area contributed by atoms with Gasteiger partial charge in [-0.2, -0.15) is 10.2 Å². The lowest BCUT2D eigenvalue weighted by atomic mass is 10.1. The van der Waals surface area contributed by atoms with E-state index in [4.69, 9.17) is 10.1 Å². The Morgan fingerprint density at radius 1 is 0.969 bits per heavy atom. The Balaban J connectivity index is 1.39. The summed E-state index contributed by atoms with van der Waals surface area (Å²) in [6, 6.07) is 12.5. The van der Waals surface area contributed by atoms with Gasteiger partial charge in [0.25, 0.3) is 0 Å². The van der Waals surface area contributed by atoms with Crippen LogP contribution >= 0.6 is 11.3 Å². The van der Waals surface area contributed by atoms with Crippen molar-refractivity contribution >= 4 is 22.8 Å². The monoisotopic (exact) mass is 439 g/mol. The van der Waals surface area contributed by atoms with Crippen LogP contribution in [-0.2, 0) is 6.42 Å². The van der Waals surface area contributed by atoms with Crippen LogP contribution in [0.4, 0.5) is 11.5 Å². The van der Waals surface area contributed by atoms with Crippen molar-refractivity contribution in [2.45, 2.75) is 20.3 Å². The lowest BCUT2D eigenvalue weighted by molar-refractivity contribution is 0.864. The lowest BCUT2D eigenvalue weighted by Crippen LogP contribution is -2.16. The zero-order valence-electron chi connectivity index (χ0n) is 17.8. The number of rotatable bonds is 4. The Labute approximate surface area is 189 Å². The molecule has 8 heteroatoms. The number of benzene rings is 1. The summed E-state index contributed by atoms with van der Waals surface area (Å²) in [5.74, 6) is 1.02. The summed E-state index contributed by atoms with van der Waals surface area (Å²) in [4.78, 5) is 11.6. The summed E-state index contributed by atoms with van der Waals surface area (Å²) in [5.41, 5.74) is 7.60. The molecule has 0 spiro atoms. The highest BCUT2D eigenvalue weighted by Crippen LogP contribution is 2.38. The second kappa shape index (κ2) is 7.42. The van der Waals surface area contributed by atoms with E-state index in [1.165, 1.54) is 16.8 Å². The molecule has 158 valence electrons. The molecule has 0 atom stereocenters. The van der Waals surface area contributed by atoms with Crippen LogP contribution in [0, 0.1) is 13.8 Å². The van der Waals surface area contributed by atoms with Gasteiger partial charge in [0.2, 0.25) is 0 Å². The van der Waals surface area contributed by atoms with Gasteiger partial charge >= 0.3 is 0 Å². The molecule has 4 aromatic heterocycles. The highest BCUT2D eigenvalue weighted by Gasteiger charge is 2.27. The van der Waals surface area contributed by atoms with E-state index in [2.05, 4.69) is 46.2 Å². The first-order valence-electron chi connectivity index (χ1n) is 10.5. The zero-order valence-corrected chi connectivity index (χ0v) is 18.6. The summed E-state index contributed by atoms with van der Waals surface area (Å²) in [6.45, 7) is 5.07. The highest BCUT2D eigenvalue weighted by molar-refractivity contribution is 7.13. The van der Waals surface area contributed by atoms with Crippen LogP contribution in [0.5, 0.6) is 0 Å². The molecule has 0 unspecified atom stereocenters. The topological polar surface area (TPSA) is 64.7 Å². The first-order valence-corrected chi connectivity index (χ1v) is 11.4. The van der Waals surface area contributed by atoms with Gasteiger partial charge in [-0.1, -0.05) is 0 Å². The fourth-order valence-electron chi connectivity index (χ4n) is 4.33. The van der Waals surface area contributed by atoms with Crippen molar-refractivity contribution in [3.8, 4) is 22.1 Å². The maximum Gasteiger partial charge on any atom is 0.143 e. The van der Waals surface area contributed by atoms with Crippen LogP contribution in [0.15, 0.2) is 66.6 Å². The van der Waals surface area contributed by atoms with Gasteiger partial charge in [-0.25, -0.2) is 19.3 Å². The van der Waals surface area contributed by atoms with E-state index in [0.717, 1.165) is 46.6 Å². The molecule has 0 amide bonds. The van der Waals surface area contributed by atoms with Gasteiger partial charge in [-0.15, -0.1) is 11.3 Å².